The van der Waals surface area contributed by atoms with Crippen molar-refractivity contribution in [3.05, 3.63) is 17.6 Å². The molecule has 1 aliphatic carbocycles. The molecule has 1 aromatic rings. The molecule has 0 unspecified atom stereocenters. The summed E-state index contributed by atoms with van der Waals surface area (Å²) in [5.41, 5.74) is 5.53. The van der Waals surface area contributed by atoms with Gasteiger partial charge in [-0.1, -0.05) is 6.92 Å². The van der Waals surface area contributed by atoms with Crippen molar-refractivity contribution in [2.24, 2.45) is 5.92 Å². The van der Waals surface area contributed by atoms with E-state index in [1.807, 2.05) is 0 Å². The first kappa shape index (κ1) is 14.7. The van der Waals surface area contributed by atoms with Crippen LogP contribution in [0.25, 0.3) is 0 Å². The van der Waals surface area contributed by atoms with Crippen LogP contribution in [0.3, 0.4) is 0 Å². The fraction of sp³-hybridized carbons (Fsp3) is 0.643. The number of carbonyl (C=O) groups is 1. The van der Waals surface area contributed by atoms with Crippen molar-refractivity contribution in [2.75, 3.05) is 20.0 Å². The molecule has 0 spiro atoms. The highest BCUT2D eigenvalue weighted by molar-refractivity contribution is 5.93. The van der Waals surface area contributed by atoms with Crippen LogP contribution in [0.1, 0.15) is 48.8 Å². The first-order chi connectivity index (χ1) is 9.52. The van der Waals surface area contributed by atoms with Crippen LogP contribution >= 0.6 is 0 Å². The third kappa shape index (κ3) is 2.60. The van der Waals surface area contributed by atoms with Crippen molar-refractivity contribution in [2.45, 2.75) is 38.2 Å². The Hall–Kier alpha value is -1.69. The van der Waals surface area contributed by atoms with E-state index in [0.717, 1.165) is 25.7 Å². The van der Waals surface area contributed by atoms with Crippen molar-refractivity contribution in [1.29, 1.82) is 0 Å². The number of nitrogens with two attached hydrogens (primary N) is 1. The van der Waals surface area contributed by atoms with Crippen LogP contribution in [0.4, 0.5) is 5.82 Å². The Bertz CT molecular complexity index is 496. The number of ether oxygens (including phenoxy) is 2. The molecule has 0 aliphatic heterocycles. The summed E-state index contributed by atoms with van der Waals surface area (Å²) in [6.45, 7) is 2.23. The fourth-order valence-electron chi connectivity index (χ4n) is 2.63. The second-order valence-corrected chi connectivity index (χ2v) is 5.37. The van der Waals surface area contributed by atoms with Crippen LogP contribution in [-0.2, 0) is 15.1 Å². The van der Waals surface area contributed by atoms with E-state index in [1.54, 1.807) is 7.11 Å². The third-order valence-corrected chi connectivity index (χ3v) is 4.10. The molecule has 2 rings (SSSR count). The van der Waals surface area contributed by atoms with Crippen molar-refractivity contribution < 1.29 is 14.3 Å². The first-order valence-corrected chi connectivity index (χ1v) is 6.79. The SMILES string of the molecule is COC(=O)c1cnc(C2(OC)CCC(C)CC2)nc1N. The topological polar surface area (TPSA) is 87.3 Å². The molecule has 1 saturated carbocycles. The Balaban J connectivity index is 2.32. The molecule has 0 amide bonds. The summed E-state index contributed by atoms with van der Waals surface area (Å²) in [6.07, 6.45) is 5.28. The average Bonchev–Trinajstić information content (AvgIpc) is 2.47. The van der Waals surface area contributed by atoms with Crippen LogP contribution < -0.4 is 5.73 Å². The monoisotopic (exact) mass is 279 g/mol. The Labute approximate surface area is 118 Å². The lowest BCUT2D eigenvalue weighted by Crippen LogP contribution is -2.35. The van der Waals surface area contributed by atoms with Crippen LogP contribution in [0.2, 0.25) is 0 Å². The molecule has 0 saturated heterocycles. The molecule has 1 aromatic heterocycles. The van der Waals surface area contributed by atoms with Gasteiger partial charge in [-0.3, -0.25) is 0 Å². The van der Waals surface area contributed by atoms with Gasteiger partial charge in [0.1, 0.15) is 17.0 Å². The molecule has 0 aromatic carbocycles. The number of carbonyl (C=O) groups excluding carboxylic acids is 1. The highest BCUT2D eigenvalue weighted by Gasteiger charge is 2.39. The number of nitrogens with zero attached hydrogens (tertiary/aromatic N) is 2. The normalized spacial score (nSPS) is 26.2. The average molecular weight is 279 g/mol. The van der Waals surface area contributed by atoms with Gasteiger partial charge < -0.3 is 15.2 Å². The molecular formula is C14H21N3O3. The van der Waals surface area contributed by atoms with E-state index in [-0.39, 0.29) is 11.4 Å². The highest BCUT2D eigenvalue weighted by atomic mass is 16.5. The Morgan fingerprint density at radius 2 is 2.05 bits per heavy atom. The van der Waals surface area contributed by atoms with Gasteiger partial charge in [0, 0.05) is 13.3 Å². The maximum atomic E-state index is 11.5. The first-order valence-electron chi connectivity index (χ1n) is 6.79. The van der Waals surface area contributed by atoms with Crippen molar-refractivity contribution in [3.8, 4) is 0 Å². The molecule has 1 heterocycles. The van der Waals surface area contributed by atoms with Crippen LogP contribution in [0.15, 0.2) is 6.20 Å². The van der Waals surface area contributed by atoms with Crippen molar-refractivity contribution >= 4 is 11.8 Å². The van der Waals surface area contributed by atoms with Gasteiger partial charge in [-0.25, -0.2) is 14.8 Å². The van der Waals surface area contributed by atoms with Gasteiger partial charge in [-0.15, -0.1) is 0 Å². The number of methoxy groups -OCH3 is 2. The van der Waals surface area contributed by atoms with Crippen molar-refractivity contribution in [1.82, 2.24) is 9.97 Å². The largest absolute Gasteiger partial charge is 0.465 e. The van der Waals surface area contributed by atoms with Gasteiger partial charge in [0.25, 0.3) is 0 Å². The maximum Gasteiger partial charge on any atom is 0.343 e. The van der Waals surface area contributed by atoms with Crippen molar-refractivity contribution in [3.63, 3.8) is 0 Å². The third-order valence-electron chi connectivity index (χ3n) is 4.10. The van der Waals surface area contributed by atoms with E-state index < -0.39 is 11.6 Å². The standard InChI is InChI=1S/C14H21N3O3/c1-9-4-6-14(20-3,7-5-9)13-16-8-10(11(15)17-13)12(18)19-2/h8-9H,4-7H2,1-3H3,(H2,15,16,17). The number of hydrogen-bond acceptors (Lipinski definition) is 6. The van der Waals surface area contributed by atoms with Gasteiger partial charge in [0.15, 0.2) is 5.82 Å². The molecule has 6 heteroatoms. The fourth-order valence-corrected chi connectivity index (χ4v) is 2.63. The molecule has 0 radical (unpaired) electrons. The summed E-state index contributed by atoms with van der Waals surface area (Å²) in [6, 6.07) is 0. The molecular weight excluding hydrogens is 258 g/mol. The van der Waals surface area contributed by atoms with E-state index in [1.165, 1.54) is 13.3 Å². The summed E-state index contributed by atoms with van der Waals surface area (Å²) in [5.74, 6) is 0.844. The minimum absolute atomic E-state index is 0.136. The number of rotatable bonds is 3. The maximum absolute atomic E-state index is 11.5. The summed E-state index contributed by atoms with van der Waals surface area (Å²) in [4.78, 5) is 20.1. The van der Waals surface area contributed by atoms with Crippen LogP contribution in [-0.4, -0.2) is 30.2 Å². The van der Waals surface area contributed by atoms with Gasteiger partial charge >= 0.3 is 5.97 Å². The second kappa shape index (κ2) is 5.75. The number of anilines is 1. The number of nitrogen functional groups attached to an aromatic ring is 1. The summed E-state index contributed by atoms with van der Waals surface area (Å²) < 4.78 is 10.3. The number of hydrogen-bond donors (Lipinski definition) is 1. The van der Waals surface area contributed by atoms with E-state index >= 15 is 0 Å². The summed E-state index contributed by atoms with van der Waals surface area (Å²) in [5, 5.41) is 0. The molecule has 0 bridgehead atoms. The minimum Gasteiger partial charge on any atom is -0.465 e. The minimum atomic E-state index is -0.530. The zero-order valence-corrected chi connectivity index (χ0v) is 12.2. The predicted molar refractivity (Wildman–Crippen MR) is 74.1 cm³/mol. The number of aromatic nitrogens is 2. The van der Waals surface area contributed by atoms with Gasteiger partial charge in [-0.05, 0) is 31.6 Å². The molecule has 110 valence electrons. The van der Waals surface area contributed by atoms with Crippen LogP contribution in [0, 0.1) is 5.92 Å². The quantitative estimate of drug-likeness (QED) is 0.850. The lowest BCUT2D eigenvalue weighted by atomic mass is 9.79. The van der Waals surface area contributed by atoms with E-state index in [2.05, 4.69) is 21.6 Å². The van der Waals surface area contributed by atoms with E-state index in [9.17, 15) is 4.79 Å². The zero-order chi connectivity index (χ0) is 14.8. The lowest BCUT2D eigenvalue weighted by Gasteiger charge is -2.36. The van der Waals surface area contributed by atoms with Gasteiger partial charge in [0.05, 0.1) is 7.11 Å². The highest BCUT2D eigenvalue weighted by Crippen LogP contribution is 2.40. The van der Waals surface area contributed by atoms with Crippen LogP contribution in [0.5, 0.6) is 0 Å². The molecule has 0 atom stereocenters. The lowest BCUT2D eigenvalue weighted by molar-refractivity contribution is -0.0596. The zero-order valence-electron chi connectivity index (χ0n) is 12.2. The second-order valence-electron chi connectivity index (χ2n) is 5.37. The molecule has 20 heavy (non-hydrogen) atoms. The number of esters is 1. The molecule has 6 nitrogen and oxygen atoms in total. The Morgan fingerprint density at radius 3 is 2.55 bits per heavy atom. The summed E-state index contributed by atoms with van der Waals surface area (Å²) in [7, 11) is 2.97. The van der Waals surface area contributed by atoms with Gasteiger partial charge in [-0.2, -0.15) is 0 Å². The molecule has 2 N–H and O–H groups in total. The Morgan fingerprint density at radius 1 is 1.40 bits per heavy atom. The predicted octanol–water partition coefficient (Wildman–Crippen LogP) is 1.90. The summed E-state index contributed by atoms with van der Waals surface area (Å²) >= 11 is 0. The smallest absolute Gasteiger partial charge is 0.343 e. The van der Waals surface area contributed by atoms with E-state index in [4.69, 9.17) is 10.5 Å². The Kier molecular flexibility index (Phi) is 4.23. The molecule has 1 fully saturated rings. The molecule has 1 aliphatic rings. The van der Waals surface area contributed by atoms with E-state index in [0.29, 0.717) is 11.7 Å². The van der Waals surface area contributed by atoms with Gasteiger partial charge in [0.2, 0.25) is 0 Å².